The summed E-state index contributed by atoms with van der Waals surface area (Å²) in [5.41, 5.74) is 1.27. The highest BCUT2D eigenvalue weighted by molar-refractivity contribution is 5.75. The van der Waals surface area contributed by atoms with Gasteiger partial charge in [-0.25, -0.2) is 0 Å². The second-order valence-corrected chi connectivity index (χ2v) is 4.46. The molecule has 0 fully saturated rings. The van der Waals surface area contributed by atoms with E-state index in [1.54, 1.807) is 0 Å². The Labute approximate surface area is 108 Å². The lowest BCUT2D eigenvalue weighted by Crippen LogP contribution is -2.33. The molecule has 1 aromatic carbocycles. The predicted molar refractivity (Wildman–Crippen MR) is 70.7 cm³/mol. The van der Waals surface area contributed by atoms with Crippen molar-refractivity contribution in [1.82, 2.24) is 10.6 Å². The molecule has 1 aliphatic rings. The summed E-state index contributed by atoms with van der Waals surface area (Å²) >= 11 is 0. The van der Waals surface area contributed by atoms with Crippen LogP contribution in [0.15, 0.2) is 24.3 Å². The van der Waals surface area contributed by atoms with Crippen LogP contribution >= 0.6 is 0 Å². The molecule has 0 saturated carbocycles. The van der Waals surface area contributed by atoms with Gasteiger partial charge in [0.25, 0.3) is 0 Å². The monoisotopic (exact) mass is 248 g/mol. The number of ether oxygens (including phenoxy) is 1. The van der Waals surface area contributed by atoms with Crippen LogP contribution in [0, 0.1) is 0 Å². The standard InChI is InChI=1S/C14H20N2O2/c1-2-16-14(17)7-8-15-10-12-9-11-5-3-4-6-13(11)18-12/h3-6,12,15H,2,7-10H2,1H3,(H,16,17). The average molecular weight is 248 g/mol. The Morgan fingerprint density at radius 1 is 1.44 bits per heavy atom. The quantitative estimate of drug-likeness (QED) is 0.741. The summed E-state index contributed by atoms with van der Waals surface area (Å²) in [4.78, 5) is 11.2. The highest BCUT2D eigenvalue weighted by Crippen LogP contribution is 2.27. The molecule has 1 unspecified atom stereocenters. The molecule has 1 amide bonds. The first kappa shape index (κ1) is 12.9. The van der Waals surface area contributed by atoms with Gasteiger partial charge in [-0.3, -0.25) is 4.79 Å². The van der Waals surface area contributed by atoms with Crippen molar-refractivity contribution in [3.63, 3.8) is 0 Å². The number of hydrogen-bond donors (Lipinski definition) is 2. The molecular formula is C14H20N2O2. The fourth-order valence-electron chi connectivity index (χ4n) is 2.12. The van der Waals surface area contributed by atoms with E-state index in [4.69, 9.17) is 4.74 Å². The van der Waals surface area contributed by atoms with Crippen LogP contribution in [0.25, 0.3) is 0 Å². The van der Waals surface area contributed by atoms with Gasteiger partial charge in [-0.05, 0) is 18.6 Å². The Kier molecular flexibility index (Phi) is 4.59. The largest absolute Gasteiger partial charge is 0.488 e. The van der Waals surface area contributed by atoms with E-state index in [1.807, 2.05) is 25.1 Å². The fraction of sp³-hybridized carbons (Fsp3) is 0.500. The van der Waals surface area contributed by atoms with Crippen LogP contribution in [0.1, 0.15) is 18.9 Å². The molecule has 0 radical (unpaired) electrons. The molecule has 4 nitrogen and oxygen atoms in total. The molecule has 98 valence electrons. The summed E-state index contributed by atoms with van der Waals surface area (Å²) in [6, 6.07) is 8.13. The number of nitrogens with one attached hydrogen (secondary N) is 2. The van der Waals surface area contributed by atoms with Gasteiger partial charge in [0.1, 0.15) is 11.9 Å². The van der Waals surface area contributed by atoms with Crippen LogP contribution < -0.4 is 15.4 Å². The van der Waals surface area contributed by atoms with E-state index in [9.17, 15) is 4.79 Å². The lowest BCUT2D eigenvalue weighted by molar-refractivity contribution is -0.120. The van der Waals surface area contributed by atoms with E-state index in [0.29, 0.717) is 19.5 Å². The van der Waals surface area contributed by atoms with Gasteiger partial charge in [0, 0.05) is 32.5 Å². The number of para-hydroxylation sites is 1. The van der Waals surface area contributed by atoms with Gasteiger partial charge in [0.15, 0.2) is 0 Å². The number of fused-ring (bicyclic) bond motifs is 1. The maximum atomic E-state index is 11.2. The van der Waals surface area contributed by atoms with Crippen molar-refractivity contribution in [2.24, 2.45) is 0 Å². The first-order valence-electron chi connectivity index (χ1n) is 6.51. The second-order valence-electron chi connectivity index (χ2n) is 4.46. The number of carbonyl (C=O) groups is 1. The summed E-state index contributed by atoms with van der Waals surface area (Å²) in [6.45, 7) is 4.10. The molecule has 0 bridgehead atoms. The third-order valence-corrected chi connectivity index (χ3v) is 2.99. The minimum absolute atomic E-state index is 0.0978. The SMILES string of the molecule is CCNC(=O)CCNCC1Cc2ccccc2O1. The topological polar surface area (TPSA) is 50.4 Å². The Balaban J connectivity index is 1.64. The van der Waals surface area contributed by atoms with E-state index in [0.717, 1.165) is 18.7 Å². The van der Waals surface area contributed by atoms with Crippen LogP contribution in [0.5, 0.6) is 5.75 Å². The molecule has 1 aromatic rings. The molecule has 1 atom stereocenters. The van der Waals surface area contributed by atoms with Crippen molar-refractivity contribution < 1.29 is 9.53 Å². The minimum Gasteiger partial charge on any atom is -0.488 e. The molecule has 0 spiro atoms. The van der Waals surface area contributed by atoms with E-state index in [-0.39, 0.29) is 12.0 Å². The number of rotatable bonds is 6. The normalized spacial score (nSPS) is 17.1. The van der Waals surface area contributed by atoms with Gasteiger partial charge in [0.2, 0.25) is 5.91 Å². The zero-order chi connectivity index (χ0) is 12.8. The predicted octanol–water partition coefficient (Wildman–Crippen LogP) is 1.11. The van der Waals surface area contributed by atoms with Gasteiger partial charge >= 0.3 is 0 Å². The molecule has 1 aliphatic heterocycles. The van der Waals surface area contributed by atoms with E-state index >= 15 is 0 Å². The zero-order valence-corrected chi connectivity index (χ0v) is 10.7. The van der Waals surface area contributed by atoms with Gasteiger partial charge in [0.05, 0.1) is 0 Å². The second kappa shape index (κ2) is 6.40. The lowest BCUT2D eigenvalue weighted by atomic mass is 10.1. The Morgan fingerprint density at radius 2 is 2.28 bits per heavy atom. The maximum absolute atomic E-state index is 11.2. The summed E-state index contributed by atoms with van der Waals surface area (Å²) in [5, 5.41) is 6.04. The molecule has 0 aromatic heterocycles. The van der Waals surface area contributed by atoms with E-state index in [1.165, 1.54) is 5.56 Å². The Bertz CT molecular complexity index is 382. The Hall–Kier alpha value is -1.55. The molecule has 0 saturated heterocycles. The Morgan fingerprint density at radius 3 is 3.06 bits per heavy atom. The van der Waals surface area contributed by atoms with Crippen molar-refractivity contribution in [1.29, 1.82) is 0 Å². The van der Waals surface area contributed by atoms with Crippen LogP contribution in [-0.2, 0) is 11.2 Å². The molecule has 18 heavy (non-hydrogen) atoms. The number of carbonyl (C=O) groups excluding carboxylic acids is 1. The number of amides is 1. The van der Waals surface area contributed by atoms with Crippen molar-refractivity contribution in [2.45, 2.75) is 25.9 Å². The fourth-order valence-corrected chi connectivity index (χ4v) is 2.12. The van der Waals surface area contributed by atoms with Crippen molar-refractivity contribution in [3.05, 3.63) is 29.8 Å². The smallest absolute Gasteiger partial charge is 0.221 e. The highest BCUT2D eigenvalue weighted by atomic mass is 16.5. The van der Waals surface area contributed by atoms with Crippen molar-refractivity contribution in [2.75, 3.05) is 19.6 Å². The first-order valence-corrected chi connectivity index (χ1v) is 6.51. The third-order valence-electron chi connectivity index (χ3n) is 2.99. The van der Waals surface area contributed by atoms with E-state index in [2.05, 4.69) is 16.7 Å². The van der Waals surface area contributed by atoms with Gasteiger partial charge in [-0.2, -0.15) is 0 Å². The molecular weight excluding hydrogens is 228 g/mol. The van der Waals surface area contributed by atoms with Gasteiger partial charge in [-0.15, -0.1) is 0 Å². The van der Waals surface area contributed by atoms with Gasteiger partial charge < -0.3 is 15.4 Å². The molecule has 4 heteroatoms. The van der Waals surface area contributed by atoms with Crippen LogP contribution in [0.3, 0.4) is 0 Å². The van der Waals surface area contributed by atoms with Crippen molar-refractivity contribution in [3.8, 4) is 5.75 Å². The molecule has 0 aliphatic carbocycles. The molecule has 2 N–H and O–H groups in total. The lowest BCUT2D eigenvalue weighted by Gasteiger charge is -2.11. The highest BCUT2D eigenvalue weighted by Gasteiger charge is 2.21. The number of benzene rings is 1. The summed E-state index contributed by atoms with van der Waals surface area (Å²) in [7, 11) is 0. The van der Waals surface area contributed by atoms with Gasteiger partial charge in [-0.1, -0.05) is 18.2 Å². The molecule has 2 rings (SSSR count). The summed E-state index contributed by atoms with van der Waals surface area (Å²) in [5.74, 6) is 1.09. The van der Waals surface area contributed by atoms with E-state index < -0.39 is 0 Å². The average Bonchev–Trinajstić information content (AvgIpc) is 2.77. The summed E-state index contributed by atoms with van der Waals surface area (Å²) in [6.07, 6.45) is 1.66. The zero-order valence-electron chi connectivity index (χ0n) is 10.7. The van der Waals surface area contributed by atoms with Crippen LogP contribution in [0.4, 0.5) is 0 Å². The van der Waals surface area contributed by atoms with Crippen LogP contribution in [0.2, 0.25) is 0 Å². The minimum atomic E-state index is 0.0978. The summed E-state index contributed by atoms with van der Waals surface area (Å²) < 4.78 is 5.80. The molecule has 1 heterocycles. The van der Waals surface area contributed by atoms with Crippen molar-refractivity contribution >= 4 is 5.91 Å². The first-order chi connectivity index (χ1) is 8.79. The van der Waals surface area contributed by atoms with Crippen LogP contribution in [-0.4, -0.2) is 31.6 Å². The number of hydrogen-bond acceptors (Lipinski definition) is 3. The third kappa shape index (κ3) is 3.47. The maximum Gasteiger partial charge on any atom is 0.221 e.